The molecule has 0 radical (unpaired) electrons. The first-order chi connectivity index (χ1) is 18.6. The number of nitrogens with one attached hydrogen (secondary N) is 3. The summed E-state index contributed by atoms with van der Waals surface area (Å²) < 4.78 is 12.4. The number of amides is 1. The van der Waals surface area contributed by atoms with Gasteiger partial charge >= 0.3 is 0 Å². The van der Waals surface area contributed by atoms with Gasteiger partial charge in [-0.1, -0.05) is 37.8 Å². The first kappa shape index (κ1) is 25.4. The van der Waals surface area contributed by atoms with Crippen molar-refractivity contribution in [2.45, 2.75) is 19.4 Å². The molecule has 1 amide bonds. The standard InChI is InChI=1S/C30H31FN6O/c1-3-20-8-9-22-17-32-30(35-24-12-10-23(11-13-24)33-26-18-37(19-26)15-14-31)36-29(22)28(20)21-6-5-7-25(16-21)34-27(38)4-2/h4-13,16-17,26,33H,2-3,14-15,18-19H2,1H3,(H,34,38)(H,32,35,36). The number of aromatic nitrogens is 2. The second-order valence-corrected chi connectivity index (χ2v) is 9.35. The van der Waals surface area contributed by atoms with Gasteiger partial charge in [-0.05, 0) is 60.0 Å². The molecule has 1 fully saturated rings. The lowest BCUT2D eigenvalue weighted by Gasteiger charge is -2.39. The van der Waals surface area contributed by atoms with Crippen LogP contribution in [0, 0.1) is 0 Å². The molecule has 3 N–H and O–H groups in total. The molecule has 0 unspecified atom stereocenters. The van der Waals surface area contributed by atoms with Crippen LogP contribution in [0.5, 0.6) is 0 Å². The summed E-state index contributed by atoms with van der Waals surface area (Å²) >= 11 is 0. The number of carbonyl (C=O) groups is 1. The van der Waals surface area contributed by atoms with Crippen LogP contribution in [0.3, 0.4) is 0 Å². The van der Waals surface area contributed by atoms with Crippen LogP contribution in [-0.4, -0.2) is 53.1 Å². The van der Waals surface area contributed by atoms with Crippen LogP contribution in [0.25, 0.3) is 22.0 Å². The Morgan fingerprint density at radius 3 is 2.63 bits per heavy atom. The number of hydrogen-bond acceptors (Lipinski definition) is 6. The molecule has 1 aliphatic heterocycles. The fraction of sp³-hybridized carbons (Fsp3) is 0.233. The number of halogens is 1. The first-order valence-corrected chi connectivity index (χ1v) is 12.8. The van der Waals surface area contributed by atoms with Crippen LogP contribution >= 0.6 is 0 Å². The largest absolute Gasteiger partial charge is 0.380 e. The van der Waals surface area contributed by atoms with Crippen LogP contribution in [-0.2, 0) is 11.2 Å². The lowest BCUT2D eigenvalue weighted by atomic mass is 9.95. The number of rotatable bonds is 10. The topological polar surface area (TPSA) is 82.2 Å². The van der Waals surface area contributed by atoms with Crippen molar-refractivity contribution in [3.8, 4) is 11.1 Å². The van der Waals surface area contributed by atoms with Gasteiger partial charge in [-0.25, -0.2) is 14.4 Å². The number of carbonyl (C=O) groups excluding carboxylic acids is 1. The molecule has 38 heavy (non-hydrogen) atoms. The van der Waals surface area contributed by atoms with Crippen molar-refractivity contribution in [2.75, 3.05) is 42.3 Å². The number of hydrogen-bond donors (Lipinski definition) is 3. The van der Waals surface area contributed by atoms with E-state index < -0.39 is 0 Å². The number of alkyl halides is 1. The number of benzene rings is 3. The van der Waals surface area contributed by atoms with Crippen molar-refractivity contribution in [1.82, 2.24) is 14.9 Å². The molecule has 3 aromatic carbocycles. The average Bonchev–Trinajstić information content (AvgIpc) is 2.92. The number of nitrogens with zero attached hydrogens (tertiary/aromatic N) is 3. The quantitative estimate of drug-likeness (QED) is 0.234. The van der Waals surface area contributed by atoms with E-state index in [2.05, 4.69) is 45.4 Å². The summed E-state index contributed by atoms with van der Waals surface area (Å²) in [6, 6.07) is 20.3. The van der Waals surface area contributed by atoms with Crippen LogP contribution < -0.4 is 16.0 Å². The van der Waals surface area contributed by atoms with Gasteiger partial charge in [0.15, 0.2) is 0 Å². The maximum absolute atomic E-state index is 12.4. The van der Waals surface area contributed by atoms with Gasteiger partial charge in [0.1, 0.15) is 6.67 Å². The number of likely N-dealkylation sites (tertiary alicyclic amines) is 1. The molecular formula is C30H31FN6O. The minimum absolute atomic E-state index is 0.253. The monoisotopic (exact) mass is 510 g/mol. The Labute approximate surface area is 221 Å². The third kappa shape index (κ3) is 5.65. The van der Waals surface area contributed by atoms with E-state index in [1.807, 2.05) is 60.8 Å². The summed E-state index contributed by atoms with van der Waals surface area (Å²) in [5, 5.41) is 10.6. The van der Waals surface area contributed by atoms with Gasteiger partial charge in [-0.3, -0.25) is 9.69 Å². The lowest BCUT2D eigenvalue weighted by molar-refractivity contribution is -0.111. The van der Waals surface area contributed by atoms with Gasteiger partial charge in [-0.2, -0.15) is 0 Å². The SMILES string of the molecule is C=CC(=O)Nc1cccc(-c2c(CC)ccc3cnc(Nc4ccc(NC5CN(CCF)C5)cc4)nc23)c1. The third-order valence-electron chi connectivity index (χ3n) is 6.69. The van der Waals surface area contributed by atoms with Crippen LogP contribution in [0.15, 0.2) is 79.5 Å². The number of fused-ring (bicyclic) bond motifs is 1. The third-order valence-corrected chi connectivity index (χ3v) is 6.69. The molecule has 8 heteroatoms. The van der Waals surface area contributed by atoms with Gasteiger partial charge in [0.05, 0.1) is 11.6 Å². The Balaban J connectivity index is 1.38. The minimum atomic E-state index is -0.300. The van der Waals surface area contributed by atoms with E-state index in [0.29, 0.717) is 24.2 Å². The second-order valence-electron chi connectivity index (χ2n) is 9.35. The molecule has 1 aliphatic rings. The minimum Gasteiger partial charge on any atom is -0.380 e. The van der Waals surface area contributed by atoms with Crippen molar-refractivity contribution in [3.63, 3.8) is 0 Å². The van der Waals surface area contributed by atoms with E-state index in [4.69, 9.17) is 4.98 Å². The molecule has 7 nitrogen and oxygen atoms in total. The van der Waals surface area contributed by atoms with Crippen molar-refractivity contribution in [2.24, 2.45) is 0 Å². The molecule has 1 saturated heterocycles. The van der Waals surface area contributed by atoms with Crippen molar-refractivity contribution < 1.29 is 9.18 Å². The molecule has 0 spiro atoms. The van der Waals surface area contributed by atoms with E-state index in [9.17, 15) is 9.18 Å². The molecule has 194 valence electrons. The highest BCUT2D eigenvalue weighted by molar-refractivity contribution is 6.00. The summed E-state index contributed by atoms with van der Waals surface area (Å²) in [6.45, 7) is 7.58. The van der Waals surface area contributed by atoms with Gasteiger partial charge in [0, 0.05) is 53.8 Å². The van der Waals surface area contributed by atoms with Gasteiger partial charge in [-0.15, -0.1) is 0 Å². The van der Waals surface area contributed by atoms with E-state index in [-0.39, 0.29) is 12.6 Å². The summed E-state index contributed by atoms with van der Waals surface area (Å²) in [6.07, 6.45) is 3.92. The van der Waals surface area contributed by atoms with Crippen LogP contribution in [0.4, 0.5) is 27.4 Å². The van der Waals surface area contributed by atoms with Crippen LogP contribution in [0.1, 0.15) is 12.5 Å². The average molecular weight is 511 g/mol. The van der Waals surface area contributed by atoms with Gasteiger partial charge in [0.2, 0.25) is 11.9 Å². The van der Waals surface area contributed by atoms with E-state index >= 15 is 0 Å². The highest BCUT2D eigenvalue weighted by Crippen LogP contribution is 2.33. The highest BCUT2D eigenvalue weighted by Gasteiger charge is 2.25. The van der Waals surface area contributed by atoms with E-state index in [0.717, 1.165) is 58.5 Å². The van der Waals surface area contributed by atoms with Crippen molar-refractivity contribution in [3.05, 3.63) is 85.1 Å². The molecule has 2 heterocycles. The van der Waals surface area contributed by atoms with Gasteiger partial charge < -0.3 is 16.0 Å². The Kier molecular flexibility index (Phi) is 7.60. The Hall–Kier alpha value is -4.30. The molecule has 4 aromatic rings. The Bertz CT molecular complexity index is 1450. The summed E-state index contributed by atoms with van der Waals surface area (Å²) in [7, 11) is 0. The maximum Gasteiger partial charge on any atom is 0.247 e. The zero-order valence-electron chi connectivity index (χ0n) is 21.4. The molecule has 0 atom stereocenters. The second kappa shape index (κ2) is 11.4. The van der Waals surface area contributed by atoms with Crippen molar-refractivity contribution in [1.29, 1.82) is 0 Å². The molecule has 0 saturated carbocycles. The van der Waals surface area contributed by atoms with E-state index in [1.54, 1.807) is 0 Å². The Morgan fingerprint density at radius 2 is 1.89 bits per heavy atom. The smallest absolute Gasteiger partial charge is 0.247 e. The molecular weight excluding hydrogens is 479 g/mol. The fourth-order valence-electron chi connectivity index (χ4n) is 4.74. The fourth-order valence-corrected chi connectivity index (χ4v) is 4.74. The Morgan fingerprint density at radius 1 is 1.11 bits per heavy atom. The lowest BCUT2D eigenvalue weighted by Crippen LogP contribution is -2.55. The van der Waals surface area contributed by atoms with Crippen molar-refractivity contribution >= 4 is 39.8 Å². The zero-order chi connectivity index (χ0) is 26.5. The predicted octanol–water partition coefficient (Wildman–Crippen LogP) is 5.79. The summed E-state index contributed by atoms with van der Waals surface area (Å²) in [5.74, 6) is 0.252. The molecule has 0 aliphatic carbocycles. The van der Waals surface area contributed by atoms with Crippen LogP contribution in [0.2, 0.25) is 0 Å². The summed E-state index contributed by atoms with van der Waals surface area (Å²) in [4.78, 5) is 23.4. The molecule has 1 aromatic heterocycles. The van der Waals surface area contributed by atoms with E-state index in [1.165, 1.54) is 6.08 Å². The predicted molar refractivity (Wildman–Crippen MR) is 153 cm³/mol. The molecule has 5 rings (SSSR count). The molecule has 0 bridgehead atoms. The summed E-state index contributed by atoms with van der Waals surface area (Å²) in [5.41, 5.74) is 6.59. The number of anilines is 4. The highest BCUT2D eigenvalue weighted by atomic mass is 19.1. The number of aryl methyl sites for hydroxylation is 1. The zero-order valence-corrected chi connectivity index (χ0v) is 21.4. The normalized spacial score (nSPS) is 13.6. The maximum atomic E-state index is 12.4. The first-order valence-electron chi connectivity index (χ1n) is 12.8. The van der Waals surface area contributed by atoms with Gasteiger partial charge in [0.25, 0.3) is 0 Å².